The molecule has 4 rings (SSSR count). The highest BCUT2D eigenvalue weighted by molar-refractivity contribution is 5.94. The second-order valence-corrected chi connectivity index (χ2v) is 5.51. The molecule has 3 aromatic rings. The summed E-state index contributed by atoms with van der Waals surface area (Å²) in [5.74, 6) is -0.339. The molecule has 5 nitrogen and oxygen atoms in total. The lowest BCUT2D eigenvalue weighted by Crippen LogP contribution is -2.00. The van der Waals surface area contributed by atoms with Gasteiger partial charge < -0.3 is 4.74 Å². The second kappa shape index (κ2) is 4.94. The third kappa shape index (κ3) is 2.24. The first kappa shape index (κ1) is 13.0. The number of carbonyl (C=O) groups is 1. The van der Waals surface area contributed by atoms with Gasteiger partial charge in [-0.15, -0.1) is 0 Å². The number of rotatable bonds is 3. The highest BCUT2D eigenvalue weighted by Crippen LogP contribution is 2.34. The molecule has 0 aliphatic heterocycles. The molecule has 1 fully saturated rings. The number of ether oxygens (including phenoxy) is 1. The maximum absolute atomic E-state index is 11.6. The quantitative estimate of drug-likeness (QED) is 0.696. The van der Waals surface area contributed by atoms with Crippen LogP contribution in [0.1, 0.15) is 29.2 Å². The number of carbonyl (C=O) groups excluding carboxylic acids is 1. The van der Waals surface area contributed by atoms with Crippen molar-refractivity contribution in [3.05, 3.63) is 48.2 Å². The molecule has 1 aliphatic carbocycles. The van der Waals surface area contributed by atoms with E-state index < -0.39 is 0 Å². The van der Waals surface area contributed by atoms with E-state index >= 15 is 0 Å². The van der Waals surface area contributed by atoms with Crippen LogP contribution in [0.15, 0.2) is 42.6 Å². The average molecular weight is 293 g/mol. The van der Waals surface area contributed by atoms with E-state index in [9.17, 15) is 4.79 Å². The number of esters is 1. The molecule has 0 bridgehead atoms. The molecule has 0 spiro atoms. The van der Waals surface area contributed by atoms with Gasteiger partial charge >= 0.3 is 5.97 Å². The topological polar surface area (TPSA) is 57.0 Å². The summed E-state index contributed by atoms with van der Waals surface area (Å²) in [6, 6.07) is 11.8. The van der Waals surface area contributed by atoms with Gasteiger partial charge in [-0.2, -0.15) is 5.10 Å². The van der Waals surface area contributed by atoms with E-state index in [0.29, 0.717) is 11.6 Å². The Morgan fingerprint density at radius 3 is 2.82 bits per heavy atom. The van der Waals surface area contributed by atoms with Crippen LogP contribution >= 0.6 is 0 Å². The van der Waals surface area contributed by atoms with Crippen molar-refractivity contribution in [2.24, 2.45) is 0 Å². The second-order valence-electron chi connectivity index (χ2n) is 5.51. The summed E-state index contributed by atoms with van der Waals surface area (Å²) < 4.78 is 6.75. The summed E-state index contributed by atoms with van der Waals surface area (Å²) >= 11 is 0. The fraction of sp³-hybridized carbons (Fsp3) is 0.235. The maximum atomic E-state index is 11.6. The first-order valence-corrected chi connectivity index (χ1v) is 7.29. The number of hydrogen-bond acceptors (Lipinski definition) is 4. The van der Waals surface area contributed by atoms with Crippen molar-refractivity contribution >= 4 is 16.9 Å². The van der Waals surface area contributed by atoms with Crippen molar-refractivity contribution in [2.75, 3.05) is 7.11 Å². The standard InChI is InChI=1S/C17H15N3O2/c1-22-17(21)12-3-6-14-11(10-12)2-7-15(18-14)16-8-9-20(19-16)13-4-5-13/h2-3,6-10,13H,4-5H2,1H3. The largest absolute Gasteiger partial charge is 0.465 e. The Labute approximate surface area is 127 Å². The van der Waals surface area contributed by atoms with Crippen LogP contribution < -0.4 is 0 Å². The molecule has 0 atom stereocenters. The van der Waals surface area contributed by atoms with Gasteiger partial charge in [0.15, 0.2) is 0 Å². The van der Waals surface area contributed by atoms with Crippen molar-refractivity contribution in [3.63, 3.8) is 0 Å². The van der Waals surface area contributed by atoms with Crippen LogP contribution in [0.2, 0.25) is 0 Å². The molecule has 5 heteroatoms. The Morgan fingerprint density at radius 1 is 1.18 bits per heavy atom. The Morgan fingerprint density at radius 2 is 2.05 bits per heavy atom. The van der Waals surface area contributed by atoms with Gasteiger partial charge in [-0.25, -0.2) is 9.78 Å². The van der Waals surface area contributed by atoms with Crippen molar-refractivity contribution in [3.8, 4) is 11.4 Å². The molecule has 0 unspecified atom stereocenters. The zero-order valence-corrected chi connectivity index (χ0v) is 12.2. The van der Waals surface area contributed by atoms with Crippen LogP contribution in [-0.4, -0.2) is 27.8 Å². The molecule has 0 amide bonds. The Hall–Kier alpha value is -2.69. The smallest absolute Gasteiger partial charge is 0.337 e. The first-order chi connectivity index (χ1) is 10.7. The lowest BCUT2D eigenvalue weighted by molar-refractivity contribution is 0.0601. The molecule has 1 aliphatic rings. The number of fused-ring (bicyclic) bond motifs is 1. The lowest BCUT2D eigenvalue weighted by Gasteiger charge is -2.03. The molecule has 0 N–H and O–H groups in total. The predicted molar refractivity (Wildman–Crippen MR) is 82.6 cm³/mol. The van der Waals surface area contributed by atoms with E-state index in [-0.39, 0.29) is 5.97 Å². The van der Waals surface area contributed by atoms with Gasteiger partial charge in [-0.05, 0) is 43.2 Å². The average Bonchev–Trinajstić information content (AvgIpc) is 3.30. The van der Waals surface area contributed by atoms with E-state index in [1.54, 1.807) is 12.1 Å². The molecule has 0 radical (unpaired) electrons. The van der Waals surface area contributed by atoms with E-state index in [0.717, 1.165) is 22.3 Å². The zero-order valence-electron chi connectivity index (χ0n) is 12.2. The van der Waals surface area contributed by atoms with Gasteiger partial charge in [0.05, 0.1) is 29.9 Å². The highest BCUT2D eigenvalue weighted by Gasteiger charge is 2.24. The van der Waals surface area contributed by atoms with Crippen molar-refractivity contribution < 1.29 is 9.53 Å². The molecule has 110 valence electrons. The highest BCUT2D eigenvalue weighted by atomic mass is 16.5. The van der Waals surface area contributed by atoms with Gasteiger partial charge in [-0.3, -0.25) is 4.68 Å². The van der Waals surface area contributed by atoms with Crippen LogP contribution in [-0.2, 0) is 4.74 Å². The number of aromatic nitrogens is 3. The third-order valence-corrected chi connectivity index (χ3v) is 3.90. The Bertz CT molecular complexity index is 865. The molecular formula is C17H15N3O2. The van der Waals surface area contributed by atoms with E-state index in [2.05, 4.69) is 10.1 Å². The first-order valence-electron chi connectivity index (χ1n) is 7.29. The van der Waals surface area contributed by atoms with Crippen LogP contribution in [0, 0.1) is 0 Å². The fourth-order valence-corrected chi connectivity index (χ4v) is 2.53. The normalized spacial score (nSPS) is 14.2. The van der Waals surface area contributed by atoms with Crippen LogP contribution in [0.4, 0.5) is 0 Å². The minimum absolute atomic E-state index is 0.339. The molecule has 0 saturated heterocycles. The minimum atomic E-state index is -0.339. The number of hydrogen-bond donors (Lipinski definition) is 0. The fourth-order valence-electron chi connectivity index (χ4n) is 2.53. The van der Waals surface area contributed by atoms with Crippen LogP contribution in [0.5, 0.6) is 0 Å². The predicted octanol–water partition coefficient (Wildman–Crippen LogP) is 3.22. The van der Waals surface area contributed by atoms with Crippen LogP contribution in [0.3, 0.4) is 0 Å². The van der Waals surface area contributed by atoms with E-state index in [1.807, 2.05) is 35.1 Å². The Kier molecular flexibility index (Phi) is 2.92. The summed E-state index contributed by atoms with van der Waals surface area (Å²) in [5.41, 5.74) is 3.09. The molecule has 1 saturated carbocycles. The Balaban J connectivity index is 1.71. The lowest BCUT2D eigenvalue weighted by atomic mass is 10.1. The van der Waals surface area contributed by atoms with Crippen LogP contribution in [0.25, 0.3) is 22.3 Å². The van der Waals surface area contributed by atoms with E-state index in [4.69, 9.17) is 4.74 Å². The maximum Gasteiger partial charge on any atom is 0.337 e. The summed E-state index contributed by atoms with van der Waals surface area (Å²) in [5, 5.41) is 5.50. The van der Waals surface area contributed by atoms with Crippen molar-refractivity contribution in [1.82, 2.24) is 14.8 Å². The molecule has 2 heterocycles. The zero-order chi connectivity index (χ0) is 15.1. The number of benzene rings is 1. The molecule has 2 aromatic heterocycles. The summed E-state index contributed by atoms with van der Waals surface area (Å²) in [6.07, 6.45) is 4.43. The third-order valence-electron chi connectivity index (χ3n) is 3.90. The van der Waals surface area contributed by atoms with Gasteiger partial charge in [0.1, 0.15) is 5.69 Å². The van der Waals surface area contributed by atoms with Crippen molar-refractivity contribution in [2.45, 2.75) is 18.9 Å². The molecule has 22 heavy (non-hydrogen) atoms. The number of pyridine rings is 1. The van der Waals surface area contributed by atoms with Gasteiger partial charge in [0.2, 0.25) is 0 Å². The monoisotopic (exact) mass is 293 g/mol. The number of nitrogens with zero attached hydrogens (tertiary/aromatic N) is 3. The van der Waals surface area contributed by atoms with Gasteiger partial charge in [0.25, 0.3) is 0 Å². The number of methoxy groups -OCH3 is 1. The van der Waals surface area contributed by atoms with Crippen molar-refractivity contribution in [1.29, 1.82) is 0 Å². The molecule has 1 aromatic carbocycles. The SMILES string of the molecule is COC(=O)c1ccc2nc(-c3ccn(C4CC4)n3)ccc2c1. The minimum Gasteiger partial charge on any atom is -0.465 e. The molecular weight excluding hydrogens is 278 g/mol. The summed E-state index contributed by atoms with van der Waals surface area (Å²) in [6.45, 7) is 0. The van der Waals surface area contributed by atoms with Gasteiger partial charge in [-0.1, -0.05) is 6.07 Å². The summed E-state index contributed by atoms with van der Waals surface area (Å²) in [7, 11) is 1.38. The van der Waals surface area contributed by atoms with Gasteiger partial charge in [0, 0.05) is 11.6 Å². The van der Waals surface area contributed by atoms with E-state index in [1.165, 1.54) is 20.0 Å². The summed E-state index contributed by atoms with van der Waals surface area (Å²) in [4.78, 5) is 16.2.